The number of hydrogen-bond acceptors (Lipinski definition) is 8. The number of carbonyl (C=O) groups is 1. The third kappa shape index (κ3) is 5.78. The molecule has 1 aliphatic carbocycles. The van der Waals surface area contributed by atoms with Crippen molar-refractivity contribution in [1.82, 2.24) is 26.0 Å². The number of hydrazone groups is 1. The molecule has 4 heterocycles. The fourth-order valence-electron chi connectivity index (χ4n) is 3.89. The Kier molecular flexibility index (Phi) is 7.15. The number of aromatic nitrogens is 2. The van der Waals surface area contributed by atoms with Crippen LogP contribution >= 0.6 is 11.8 Å². The minimum atomic E-state index is -1.16. The number of methoxy groups -OCH3 is 1. The van der Waals surface area contributed by atoms with Crippen molar-refractivity contribution in [3.05, 3.63) is 65.3 Å². The largest absolute Gasteiger partial charge is 0.495 e. The van der Waals surface area contributed by atoms with Crippen molar-refractivity contribution in [1.29, 1.82) is 0 Å². The van der Waals surface area contributed by atoms with Crippen LogP contribution in [0.3, 0.4) is 0 Å². The van der Waals surface area contributed by atoms with Gasteiger partial charge in [-0.1, -0.05) is 17.9 Å². The van der Waals surface area contributed by atoms with E-state index in [1.54, 1.807) is 18.3 Å². The molecule has 5 rings (SSSR count). The van der Waals surface area contributed by atoms with Gasteiger partial charge in [0.1, 0.15) is 11.9 Å². The zero-order chi connectivity index (χ0) is 25.9. The Morgan fingerprint density at radius 2 is 2.14 bits per heavy atom. The molecule has 0 saturated heterocycles. The maximum Gasteiger partial charge on any atom is 0.259 e. The number of nitrogens with one attached hydrogen (secondary N) is 3. The van der Waals surface area contributed by atoms with E-state index in [1.165, 1.54) is 32.0 Å². The highest BCUT2D eigenvalue weighted by molar-refractivity contribution is 8.14. The first-order valence-electron chi connectivity index (χ1n) is 12.0. The molecule has 2 aromatic heterocycles. The van der Waals surface area contributed by atoms with Crippen LogP contribution in [0.1, 0.15) is 41.4 Å². The first-order valence-corrected chi connectivity index (χ1v) is 12.9. The Hall–Kier alpha value is -3.84. The number of aryl methyl sites for hydroxylation is 1. The zero-order valence-corrected chi connectivity index (χ0v) is 21.5. The number of pyridine rings is 2. The number of dihydropyridines is 1. The summed E-state index contributed by atoms with van der Waals surface area (Å²) in [5, 5.41) is 10.3. The van der Waals surface area contributed by atoms with Crippen molar-refractivity contribution in [2.75, 3.05) is 7.11 Å². The van der Waals surface area contributed by atoms with Gasteiger partial charge in [0.15, 0.2) is 10.5 Å². The van der Waals surface area contributed by atoms with E-state index < -0.39 is 18.1 Å². The number of allylic oxidation sites excluding steroid dienone is 1. The molecule has 10 heteroatoms. The molecular weight excluding hydrogens is 491 g/mol. The lowest BCUT2D eigenvalue weighted by atomic mass is 9.93. The van der Waals surface area contributed by atoms with Crippen LogP contribution in [0.4, 0.5) is 4.39 Å². The van der Waals surface area contributed by atoms with E-state index in [2.05, 4.69) is 43.0 Å². The van der Waals surface area contributed by atoms with E-state index in [4.69, 9.17) is 4.74 Å². The molecule has 1 amide bonds. The average Bonchev–Trinajstić information content (AvgIpc) is 3.64. The van der Waals surface area contributed by atoms with Crippen LogP contribution in [0.15, 0.2) is 53.6 Å². The van der Waals surface area contributed by atoms with Crippen molar-refractivity contribution in [3.8, 4) is 23.2 Å². The zero-order valence-electron chi connectivity index (χ0n) is 20.7. The molecule has 1 saturated carbocycles. The second-order valence-corrected chi connectivity index (χ2v) is 10.1. The molecule has 3 unspecified atom stereocenters. The molecule has 2 aromatic rings. The highest BCUT2D eigenvalue weighted by Gasteiger charge is 2.27. The number of thioether (sulfide) groups is 1. The summed E-state index contributed by atoms with van der Waals surface area (Å²) in [6.07, 6.45) is 5.98. The molecular formula is C27H27FN6O2S. The van der Waals surface area contributed by atoms with Gasteiger partial charge in [-0.05, 0) is 62.7 Å². The molecule has 0 bridgehead atoms. The molecule has 3 atom stereocenters. The van der Waals surface area contributed by atoms with Crippen LogP contribution in [0.5, 0.6) is 0 Å². The number of amidine groups is 1. The van der Waals surface area contributed by atoms with Crippen molar-refractivity contribution in [3.63, 3.8) is 0 Å². The summed E-state index contributed by atoms with van der Waals surface area (Å²) < 4.78 is 19.8. The maximum absolute atomic E-state index is 14.3. The maximum atomic E-state index is 14.3. The summed E-state index contributed by atoms with van der Waals surface area (Å²) in [5.41, 5.74) is 6.47. The van der Waals surface area contributed by atoms with Gasteiger partial charge in [-0.15, -0.1) is 0 Å². The number of amides is 1. The van der Waals surface area contributed by atoms with Crippen molar-refractivity contribution >= 4 is 28.4 Å². The molecule has 0 spiro atoms. The molecule has 3 aliphatic rings. The van der Waals surface area contributed by atoms with Crippen LogP contribution in [0.2, 0.25) is 0 Å². The van der Waals surface area contributed by atoms with E-state index in [-0.39, 0.29) is 5.37 Å². The minimum absolute atomic E-state index is 0.203. The quantitative estimate of drug-likeness (QED) is 0.519. The van der Waals surface area contributed by atoms with Gasteiger partial charge in [-0.3, -0.25) is 25.5 Å². The summed E-state index contributed by atoms with van der Waals surface area (Å²) in [6.45, 7) is 3.38. The predicted molar refractivity (Wildman–Crippen MR) is 143 cm³/mol. The number of rotatable bonds is 5. The number of alkyl halides is 1. The van der Waals surface area contributed by atoms with Gasteiger partial charge >= 0.3 is 0 Å². The van der Waals surface area contributed by atoms with Gasteiger partial charge in [-0.25, -0.2) is 4.39 Å². The summed E-state index contributed by atoms with van der Waals surface area (Å²) in [4.78, 5) is 22.6. The fraction of sp³-hybridized carbons (Fsp3) is 0.333. The molecule has 0 radical (unpaired) electrons. The average molecular weight is 519 g/mol. The second kappa shape index (κ2) is 10.6. The topological polar surface area (TPSA) is 101 Å². The molecule has 1 fully saturated rings. The van der Waals surface area contributed by atoms with E-state index >= 15 is 0 Å². The van der Waals surface area contributed by atoms with Crippen molar-refractivity contribution in [2.45, 2.75) is 44.3 Å². The van der Waals surface area contributed by atoms with Crippen LogP contribution in [0.25, 0.3) is 17.0 Å². The SMILES string of the molecule is COC1=CNC(C(C)F)C=C1c1cc(-c2cccc(C)n2)ncc1C(=O)NC1=NNC(C#CC2CC2)S1. The first-order chi connectivity index (χ1) is 17.9. The number of halogens is 1. The van der Waals surface area contributed by atoms with E-state index in [0.717, 1.165) is 18.5 Å². The molecule has 0 aromatic carbocycles. The highest BCUT2D eigenvalue weighted by Crippen LogP contribution is 2.32. The normalized spacial score (nSPS) is 21.2. The Labute approximate surface area is 219 Å². The van der Waals surface area contributed by atoms with Gasteiger partial charge in [-0.2, -0.15) is 5.10 Å². The number of nitrogens with zero attached hydrogens (tertiary/aromatic N) is 3. The van der Waals surface area contributed by atoms with E-state index in [0.29, 0.717) is 44.9 Å². The monoisotopic (exact) mass is 518 g/mol. The number of hydrogen-bond donors (Lipinski definition) is 3. The summed E-state index contributed by atoms with van der Waals surface area (Å²) in [7, 11) is 1.53. The smallest absolute Gasteiger partial charge is 0.259 e. The van der Waals surface area contributed by atoms with Crippen molar-refractivity contribution < 1.29 is 13.9 Å². The minimum Gasteiger partial charge on any atom is -0.495 e. The Morgan fingerprint density at radius 3 is 2.86 bits per heavy atom. The van der Waals surface area contributed by atoms with Crippen LogP contribution < -0.4 is 16.1 Å². The molecule has 2 aliphatic heterocycles. The van der Waals surface area contributed by atoms with Crippen LogP contribution in [0, 0.1) is 24.7 Å². The predicted octanol–water partition coefficient (Wildman–Crippen LogP) is 3.73. The van der Waals surface area contributed by atoms with E-state index in [1.807, 2.05) is 25.1 Å². The van der Waals surface area contributed by atoms with Gasteiger partial charge in [0.2, 0.25) is 0 Å². The summed E-state index contributed by atoms with van der Waals surface area (Å²) in [5.74, 6) is 6.92. The Morgan fingerprint density at radius 1 is 1.30 bits per heavy atom. The number of ether oxygens (including phenoxy) is 1. The Bertz CT molecular complexity index is 1370. The summed E-state index contributed by atoms with van der Waals surface area (Å²) in [6, 6.07) is 6.86. The van der Waals surface area contributed by atoms with Gasteiger partial charge < -0.3 is 10.1 Å². The first kappa shape index (κ1) is 24.8. The number of carbonyl (C=O) groups excluding carboxylic acids is 1. The van der Waals surface area contributed by atoms with Gasteiger partial charge in [0, 0.05) is 35.1 Å². The van der Waals surface area contributed by atoms with Gasteiger partial charge in [0.25, 0.3) is 5.91 Å². The lowest BCUT2D eigenvalue weighted by Crippen LogP contribution is -2.34. The Balaban J connectivity index is 1.48. The van der Waals surface area contributed by atoms with Crippen LogP contribution in [-0.2, 0) is 4.74 Å². The lowest BCUT2D eigenvalue weighted by molar-refractivity contribution is 0.0977. The molecule has 3 N–H and O–H groups in total. The molecule has 190 valence electrons. The third-order valence-corrected chi connectivity index (χ3v) is 6.93. The van der Waals surface area contributed by atoms with Crippen LogP contribution in [-0.4, -0.2) is 45.7 Å². The third-order valence-electron chi connectivity index (χ3n) is 6.05. The molecule has 8 nitrogen and oxygen atoms in total. The van der Waals surface area contributed by atoms with E-state index in [9.17, 15) is 9.18 Å². The summed E-state index contributed by atoms with van der Waals surface area (Å²) >= 11 is 1.35. The van der Waals surface area contributed by atoms with Gasteiger partial charge in [0.05, 0.1) is 30.1 Å². The standard InChI is InChI=1S/C27H27FN6O2S/c1-15-5-4-6-21(31-15)23-11-18(19-12-22(16(2)28)30-14-24(19)36-3)20(13-29-23)26(35)32-27-34-33-25(37-27)10-9-17-7-8-17/h4-6,11-14,16-17,22,25,30,33H,7-8H2,1-3H3,(H,32,34,35). The fourth-order valence-corrected chi connectivity index (χ4v) is 4.60. The lowest BCUT2D eigenvalue weighted by Gasteiger charge is -2.25. The van der Waals surface area contributed by atoms with Crippen molar-refractivity contribution in [2.24, 2.45) is 11.0 Å². The molecule has 37 heavy (non-hydrogen) atoms. The second-order valence-electron chi connectivity index (χ2n) is 9.00. The highest BCUT2D eigenvalue weighted by atomic mass is 32.2.